The third kappa shape index (κ3) is 4.48. The SMILES string of the molecule is CC(C)n1nnnc1-c1nc(NC(=O)c2cc(-c3cnn(C4CC4)c3)c(N3CCCCC3)cn2)cs1. The van der Waals surface area contributed by atoms with Gasteiger partial charge in [-0.05, 0) is 62.4 Å². The fourth-order valence-electron chi connectivity index (χ4n) is 4.50. The second-order valence-electron chi connectivity index (χ2n) is 9.61. The third-order valence-electron chi connectivity index (χ3n) is 6.56. The zero-order valence-corrected chi connectivity index (χ0v) is 21.1. The number of hydrogen-bond acceptors (Lipinski definition) is 9. The highest BCUT2D eigenvalue weighted by Crippen LogP contribution is 2.37. The van der Waals surface area contributed by atoms with Crippen LogP contribution in [0.2, 0.25) is 0 Å². The van der Waals surface area contributed by atoms with Crippen molar-refractivity contribution in [1.29, 1.82) is 0 Å². The maximum Gasteiger partial charge on any atom is 0.275 e. The monoisotopic (exact) mass is 504 g/mol. The second-order valence-corrected chi connectivity index (χ2v) is 10.5. The summed E-state index contributed by atoms with van der Waals surface area (Å²) in [5.74, 6) is 0.717. The molecule has 0 spiro atoms. The molecule has 1 aliphatic carbocycles. The van der Waals surface area contributed by atoms with Gasteiger partial charge in [0, 0.05) is 35.8 Å². The maximum atomic E-state index is 13.2. The molecule has 2 fully saturated rings. The highest BCUT2D eigenvalue weighted by molar-refractivity contribution is 7.13. The Morgan fingerprint density at radius 2 is 2.00 bits per heavy atom. The summed E-state index contributed by atoms with van der Waals surface area (Å²) in [6, 6.07) is 2.47. The fraction of sp³-hybridized carbons (Fsp3) is 0.458. The van der Waals surface area contributed by atoms with Gasteiger partial charge in [0.25, 0.3) is 5.91 Å². The molecule has 1 saturated carbocycles. The fourth-order valence-corrected chi connectivity index (χ4v) is 5.23. The summed E-state index contributed by atoms with van der Waals surface area (Å²) >= 11 is 1.38. The summed E-state index contributed by atoms with van der Waals surface area (Å²) in [6.07, 6.45) is 11.7. The molecule has 6 rings (SSSR count). The lowest BCUT2D eigenvalue weighted by Crippen LogP contribution is -2.30. The molecule has 4 aromatic heterocycles. The minimum atomic E-state index is -0.309. The number of carbonyl (C=O) groups is 1. The quantitative estimate of drug-likeness (QED) is 0.397. The van der Waals surface area contributed by atoms with Gasteiger partial charge in [-0.15, -0.1) is 16.4 Å². The molecule has 5 heterocycles. The zero-order chi connectivity index (χ0) is 24.6. The number of pyridine rings is 1. The van der Waals surface area contributed by atoms with Crippen molar-refractivity contribution in [2.75, 3.05) is 23.3 Å². The Morgan fingerprint density at radius 3 is 2.78 bits per heavy atom. The summed E-state index contributed by atoms with van der Waals surface area (Å²) in [5.41, 5.74) is 3.39. The molecule has 2 aliphatic rings. The number of tetrazole rings is 1. The number of piperidine rings is 1. The molecular weight excluding hydrogens is 476 g/mol. The van der Waals surface area contributed by atoms with Crippen molar-refractivity contribution < 1.29 is 4.79 Å². The third-order valence-corrected chi connectivity index (χ3v) is 7.40. The van der Waals surface area contributed by atoms with E-state index in [1.807, 2.05) is 37.0 Å². The first-order valence-corrected chi connectivity index (χ1v) is 13.3. The van der Waals surface area contributed by atoms with Crippen LogP contribution in [0.3, 0.4) is 0 Å². The molecule has 0 atom stereocenters. The Bertz CT molecular complexity index is 1380. The van der Waals surface area contributed by atoms with Gasteiger partial charge in [-0.2, -0.15) is 5.10 Å². The number of hydrogen-bond donors (Lipinski definition) is 1. The van der Waals surface area contributed by atoms with Crippen LogP contribution < -0.4 is 10.2 Å². The average Bonchev–Trinajstić information content (AvgIpc) is 3.28. The Kier molecular flexibility index (Phi) is 5.96. The number of anilines is 2. The highest BCUT2D eigenvalue weighted by Gasteiger charge is 2.26. The molecule has 0 aromatic carbocycles. The molecular formula is C24H28N10OS. The van der Waals surface area contributed by atoms with Crippen molar-refractivity contribution in [3.05, 3.63) is 35.7 Å². The molecule has 0 bridgehead atoms. The average molecular weight is 505 g/mol. The topological polar surface area (TPSA) is 120 Å². The Balaban J connectivity index is 1.27. The van der Waals surface area contributed by atoms with Crippen LogP contribution >= 0.6 is 11.3 Å². The van der Waals surface area contributed by atoms with E-state index in [0.29, 0.717) is 28.4 Å². The number of rotatable bonds is 7. The first-order valence-electron chi connectivity index (χ1n) is 12.4. The predicted molar refractivity (Wildman–Crippen MR) is 137 cm³/mol. The maximum absolute atomic E-state index is 13.2. The Hall–Kier alpha value is -3.67. The van der Waals surface area contributed by atoms with E-state index in [2.05, 4.69) is 47.0 Å². The number of aromatic nitrogens is 8. The van der Waals surface area contributed by atoms with Gasteiger partial charge >= 0.3 is 0 Å². The van der Waals surface area contributed by atoms with Crippen molar-refractivity contribution in [3.8, 4) is 22.0 Å². The van der Waals surface area contributed by atoms with Gasteiger partial charge in [0.15, 0.2) is 5.01 Å². The molecule has 36 heavy (non-hydrogen) atoms. The summed E-state index contributed by atoms with van der Waals surface area (Å²) in [6.45, 7) is 5.99. The zero-order valence-electron chi connectivity index (χ0n) is 20.3. The molecule has 11 nitrogen and oxygen atoms in total. The van der Waals surface area contributed by atoms with Crippen molar-refractivity contribution in [2.45, 2.75) is 58.0 Å². The molecule has 1 aliphatic heterocycles. The van der Waals surface area contributed by atoms with Crippen LogP contribution in [0, 0.1) is 0 Å². The van der Waals surface area contributed by atoms with Crippen LogP contribution in [-0.2, 0) is 0 Å². The van der Waals surface area contributed by atoms with Gasteiger partial charge in [0.1, 0.15) is 11.5 Å². The van der Waals surface area contributed by atoms with Crippen LogP contribution in [0.4, 0.5) is 11.5 Å². The molecule has 12 heteroatoms. The van der Waals surface area contributed by atoms with Crippen molar-refractivity contribution >= 4 is 28.7 Å². The van der Waals surface area contributed by atoms with E-state index >= 15 is 0 Å². The van der Waals surface area contributed by atoms with E-state index in [0.717, 1.165) is 42.7 Å². The van der Waals surface area contributed by atoms with E-state index in [1.54, 1.807) is 10.1 Å². The summed E-state index contributed by atoms with van der Waals surface area (Å²) in [7, 11) is 0. The minimum Gasteiger partial charge on any atom is -0.370 e. The number of nitrogens with one attached hydrogen (secondary N) is 1. The lowest BCUT2D eigenvalue weighted by Gasteiger charge is -2.30. The van der Waals surface area contributed by atoms with Gasteiger partial charge in [-0.1, -0.05) is 0 Å². The van der Waals surface area contributed by atoms with Crippen LogP contribution in [0.5, 0.6) is 0 Å². The minimum absolute atomic E-state index is 0.0993. The number of nitrogens with zero attached hydrogens (tertiary/aromatic N) is 9. The van der Waals surface area contributed by atoms with Crippen LogP contribution in [0.1, 0.15) is 68.5 Å². The van der Waals surface area contributed by atoms with Crippen molar-refractivity contribution in [1.82, 2.24) is 40.0 Å². The number of amides is 1. The molecule has 0 unspecified atom stereocenters. The standard InChI is InChI=1S/C24H28N10OS/c1-15(2)34-22(29-30-31-34)24-28-21(14-36-24)27-23(35)19-10-18(16-11-26-33(13-16)17-6-7-17)20(12-25-19)32-8-4-3-5-9-32/h10-15,17H,3-9H2,1-2H3,(H,27,35). The Labute approximate surface area is 212 Å². The highest BCUT2D eigenvalue weighted by atomic mass is 32.1. The molecule has 1 saturated heterocycles. The summed E-state index contributed by atoms with van der Waals surface area (Å²) in [5, 5.41) is 21.8. The van der Waals surface area contributed by atoms with Crippen molar-refractivity contribution in [2.24, 2.45) is 0 Å². The molecule has 4 aromatic rings. The van der Waals surface area contributed by atoms with Gasteiger partial charge in [0.2, 0.25) is 5.82 Å². The van der Waals surface area contributed by atoms with Gasteiger partial charge < -0.3 is 10.2 Å². The van der Waals surface area contributed by atoms with E-state index in [4.69, 9.17) is 0 Å². The largest absolute Gasteiger partial charge is 0.370 e. The molecule has 186 valence electrons. The number of carbonyl (C=O) groups excluding carboxylic acids is 1. The van der Waals surface area contributed by atoms with Gasteiger partial charge in [0.05, 0.1) is 30.2 Å². The first kappa shape index (κ1) is 22.8. The number of thiazole rings is 1. The van der Waals surface area contributed by atoms with Crippen LogP contribution in [-0.4, -0.2) is 59.0 Å². The normalized spacial score (nSPS) is 16.0. The lowest BCUT2D eigenvalue weighted by molar-refractivity contribution is 0.102. The summed E-state index contributed by atoms with van der Waals surface area (Å²) < 4.78 is 3.75. The Morgan fingerprint density at radius 1 is 1.17 bits per heavy atom. The lowest BCUT2D eigenvalue weighted by atomic mass is 10.0. The van der Waals surface area contributed by atoms with E-state index in [-0.39, 0.29) is 11.9 Å². The van der Waals surface area contributed by atoms with Gasteiger partial charge in [-0.25, -0.2) is 14.6 Å². The van der Waals surface area contributed by atoms with Crippen LogP contribution in [0.15, 0.2) is 30.0 Å². The van der Waals surface area contributed by atoms with Crippen LogP contribution in [0.25, 0.3) is 22.0 Å². The van der Waals surface area contributed by atoms with E-state index in [9.17, 15) is 4.79 Å². The molecule has 1 N–H and O–H groups in total. The molecule has 1 amide bonds. The summed E-state index contributed by atoms with van der Waals surface area (Å²) in [4.78, 5) is 24.6. The first-order chi connectivity index (χ1) is 17.6. The predicted octanol–water partition coefficient (Wildman–Crippen LogP) is 4.21. The molecule has 0 radical (unpaired) electrons. The van der Waals surface area contributed by atoms with Gasteiger partial charge in [-0.3, -0.25) is 9.48 Å². The second kappa shape index (κ2) is 9.41. The van der Waals surface area contributed by atoms with E-state index in [1.165, 1.54) is 30.6 Å². The smallest absolute Gasteiger partial charge is 0.275 e. The van der Waals surface area contributed by atoms with E-state index < -0.39 is 0 Å². The van der Waals surface area contributed by atoms with Crippen molar-refractivity contribution in [3.63, 3.8) is 0 Å².